The van der Waals surface area contributed by atoms with Crippen molar-refractivity contribution in [2.45, 2.75) is 51.7 Å². The summed E-state index contributed by atoms with van der Waals surface area (Å²) in [7, 11) is 0. The van der Waals surface area contributed by atoms with Gasteiger partial charge in [0.15, 0.2) is 0 Å². The highest BCUT2D eigenvalue weighted by molar-refractivity contribution is 7.80. The maximum Gasteiger partial charge on any atom is 0.00142 e. The molecule has 0 nitrogen and oxygen atoms in total. The van der Waals surface area contributed by atoms with Gasteiger partial charge in [0.1, 0.15) is 0 Å². The van der Waals surface area contributed by atoms with Crippen molar-refractivity contribution in [3.8, 4) is 0 Å². The fourth-order valence-corrected chi connectivity index (χ4v) is 1.03. The summed E-state index contributed by atoms with van der Waals surface area (Å²) in [6, 6.07) is 0. The maximum absolute atomic E-state index is 4.44. The van der Waals surface area contributed by atoms with Gasteiger partial charge in [-0.25, -0.2) is 0 Å². The molecule has 0 aliphatic heterocycles. The van der Waals surface area contributed by atoms with Gasteiger partial charge in [-0.05, 0) is 25.2 Å². The molecule has 0 aromatic carbocycles. The monoisotopic (exact) mass is 160 g/mol. The van der Waals surface area contributed by atoms with Gasteiger partial charge in [0.05, 0.1) is 0 Å². The molecule has 0 radical (unpaired) electrons. The molecule has 0 fully saturated rings. The van der Waals surface area contributed by atoms with Crippen molar-refractivity contribution in [3.05, 3.63) is 0 Å². The smallest absolute Gasteiger partial charge is 0.00142 e. The minimum Gasteiger partial charge on any atom is -0.176 e. The summed E-state index contributed by atoms with van der Waals surface area (Å²) in [4.78, 5) is 0. The summed E-state index contributed by atoms with van der Waals surface area (Å²) >= 11 is 4.44. The molecule has 10 heavy (non-hydrogen) atoms. The first-order valence-electron chi connectivity index (χ1n) is 4.38. The third-order valence-electron chi connectivity index (χ3n) is 2.16. The molecule has 0 bridgehead atoms. The van der Waals surface area contributed by atoms with E-state index in [4.69, 9.17) is 0 Å². The standard InChI is InChI=1S/C9H20S/c1-4-8(3)6-7-9(10)5-2/h8-10H,4-7H2,1-3H3. The Morgan fingerprint density at radius 3 is 2.10 bits per heavy atom. The van der Waals surface area contributed by atoms with E-state index >= 15 is 0 Å². The third kappa shape index (κ3) is 5.16. The van der Waals surface area contributed by atoms with E-state index in [0.717, 1.165) is 5.92 Å². The highest BCUT2D eigenvalue weighted by atomic mass is 32.1. The van der Waals surface area contributed by atoms with Crippen LogP contribution in [0, 0.1) is 5.92 Å². The second kappa shape index (κ2) is 6.09. The molecule has 0 aliphatic rings. The maximum atomic E-state index is 4.44. The molecule has 0 heterocycles. The molecule has 0 amide bonds. The summed E-state index contributed by atoms with van der Waals surface area (Å²) < 4.78 is 0. The van der Waals surface area contributed by atoms with Crippen molar-refractivity contribution in [2.24, 2.45) is 5.92 Å². The van der Waals surface area contributed by atoms with Crippen LogP contribution in [0.15, 0.2) is 0 Å². The highest BCUT2D eigenvalue weighted by Crippen LogP contribution is 2.15. The summed E-state index contributed by atoms with van der Waals surface area (Å²) in [6.07, 6.45) is 5.15. The summed E-state index contributed by atoms with van der Waals surface area (Å²) in [5.74, 6) is 0.890. The van der Waals surface area contributed by atoms with Crippen LogP contribution >= 0.6 is 12.6 Å². The largest absolute Gasteiger partial charge is 0.176 e. The number of thiol groups is 1. The van der Waals surface area contributed by atoms with Crippen molar-refractivity contribution in [1.82, 2.24) is 0 Å². The van der Waals surface area contributed by atoms with Crippen molar-refractivity contribution in [3.63, 3.8) is 0 Å². The van der Waals surface area contributed by atoms with E-state index in [2.05, 4.69) is 33.4 Å². The molecular formula is C9H20S. The van der Waals surface area contributed by atoms with Gasteiger partial charge in [0, 0.05) is 5.25 Å². The molecule has 62 valence electrons. The summed E-state index contributed by atoms with van der Waals surface area (Å²) in [6.45, 7) is 6.77. The lowest BCUT2D eigenvalue weighted by atomic mass is 10.0. The van der Waals surface area contributed by atoms with E-state index < -0.39 is 0 Å². The summed E-state index contributed by atoms with van der Waals surface area (Å²) in [5, 5.41) is 0.633. The zero-order chi connectivity index (χ0) is 7.98. The normalized spacial score (nSPS) is 16.8. The van der Waals surface area contributed by atoms with E-state index in [1.54, 1.807) is 0 Å². The van der Waals surface area contributed by atoms with Crippen LogP contribution in [-0.4, -0.2) is 5.25 Å². The predicted molar refractivity (Wildman–Crippen MR) is 51.8 cm³/mol. The van der Waals surface area contributed by atoms with Gasteiger partial charge in [0.25, 0.3) is 0 Å². The van der Waals surface area contributed by atoms with Gasteiger partial charge in [-0.3, -0.25) is 0 Å². The number of hydrogen-bond acceptors (Lipinski definition) is 1. The van der Waals surface area contributed by atoms with E-state index in [0.29, 0.717) is 5.25 Å². The average molecular weight is 160 g/mol. The van der Waals surface area contributed by atoms with Crippen molar-refractivity contribution in [1.29, 1.82) is 0 Å². The first kappa shape index (κ1) is 10.3. The molecule has 0 aliphatic carbocycles. The Morgan fingerprint density at radius 2 is 1.70 bits per heavy atom. The van der Waals surface area contributed by atoms with Crippen molar-refractivity contribution >= 4 is 12.6 Å². The minimum atomic E-state index is 0.633. The molecule has 0 rings (SSSR count). The Bertz CT molecular complexity index is 61.1. The van der Waals surface area contributed by atoms with E-state index in [1.165, 1.54) is 25.7 Å². The predicted octanol–water partition coefficient (Wildman–Crippen LogP) is 3.52. The van der Waals surface area contributed by atoms with Gasteiger partial charge >= 0.3 is 0 Å². The van der Waals surface area contributed by atoms with Crippen molar-refractivity contribution in [2.75, 3.05) is 0 Å². The quantitative estimate of drug-likeness (QED) is 0.584. The molecule has 1 heteroatoms. The summed E-state index contributed by atoms with van der Waals surface area (Å²) in [5.41, 5.74) is 0. The fraction of sp³-hybridized carbons (Fsp3) is 1.00. The Morgan fingerprint density at radius 1 is 1.10 bits per heavy atom. The molecule has 2 atom stereocenters. The Hall–Kier alpha value is 0.350. The Kier molecular flexibility index (Phi) is 6.30. The lowest BCUT2D eigenvalue weighted by Crippen LogP contribution is -2.00. The highest BCUT2D eigenvalue weighted by Gasteiger charge is 2.02. The molecule has 0 aromatic rings. The minimum absolute atomic E-state index is 0.633. The van der Waals surface area contributed by atoms with E-state index in [1.807, 2.05) is 0 Å². The zero-order valence-electron chi connectivity index (χ0n) is 7.43. The van der Waals surface area contributed by atoms with Crippen LogP contribution < -0.4 is 0 Å². The lowest BCUT2D eigenvalue weighted by Gasteiger charge is -2.11. The molecular weight excluding hydrogens is 140 g/mol. The van der Waals surface area contributed by atoms with E-state index in [9.17, 15) is 0 Å². The molecule has 0 saturated carbocycles. The second-order valence-corrected chi connectivity index (χ2v) is 3.88. The first-order chi connectivity index (χ1) is 4.70. The van der Waals surface area contributed by atoms with Crippen molar-refractivity contribution < 1.29 is 0 Å². The Labute approximate surface area is 70.8 Å². The average Bonchev–Trinajstić information content (AvgIpc) is 1.99. The lowest BCUT2D eigenvalue weighted by molar-refractivity contribution is 0.488. The van der Waals surface area contributed by atoms with Crippen LogP contribution in [0.3, 0.4) is 0 Å². The molecule has 0 spiro atoms. The van der Waals surface area contributed by atoms with Gasteiger partial charge < -0.3 is 0 Å². The number of hydrogen-bond donors (Lipinski definition) is 1. The first-order valence-corrected chi connectivity index (χ1v) is 4.90. The molecule has 0 N–H and O–H groups in total. The molecule has 2 unspecified atom stereocenters. The van der Waals surface area contributed by atoms with Gasteiger partial charge in [-0.15, -0.1) is 0 Å². The van der Waals surface area contributed by atoms with Gasteiger partial charge in [-0.1, -0.05) is 27.2 Å². The fourth-order valence-electron chi connectivity index (χ4n) is 0.885. The molecule has 0 aromatic heterocycles. The van der Waals surface area contributed by atoms with Gasteiger partial charge in [-0.2, -0.15) is 12.6 Å². The third-order valence-corrected chi connectivity index (χ3v) is 2.78. The molecule has 0 saturated heterocycles. The van der Waals surface area contributed by atoms with E-state index in [-0.39, 0.29) is 0 Å². The van der Waals surface area contributed by atoms with Crippen LogP contribution in [0.1, 0.15) is 46.5 Å². The zero-order valence-corrected chi connectivity index (χ0v) is 8.32. The van der Waals surface area contributed by atoms with Crippen LogP contribution in [0.2, 0.25) is 0 Å². The number of rotatable bonds is 5. The van der Waals surface area contributed by atoms with Crippen LogP contribution in [0.5, 0.6) is 0 Å². The SMILES string of the molecule is CCC(C)CCC(S)CC. The Balaban J connectivity index is 3.17. The second-order valence-electron chi connectivity index (χ2n) is 3.15. The van der Waals surface area contributed by atoms with Crippen LogP contribution in [0.4, 0.5) is 0 Å². The topological polar surface area (TPSA) is 0 Å². The van der Waals surface area contributed by atoms with Crippen LogP contribution in [0.25, 0.3) is 0 Å². The van der Waals surface area contributed by atoms with Gasteiger partial charge in [0.2, 0.25) is 0 Å². The van der Waals surface area contributed by atoms with Crippen LogP contribution in [-0.2, 0) is 0 Å².